The summed E-state index contributed by atoms with van der Waals surface area (Å²) in [4.78, 5) is 11.0. The summed E-state index contributed by atoms with van der Waals surface area (Å²) >= 11 is 3.39. The number of hydrogen-bond donors (Lipinski definition) is 0. The van der Waals surface area contributed by atoms with Crippen LogP contribution in [-0.4, -0.2) is 21.3 Å². The zero-order chi connectivity index (χ0) is 13.1. The highest BCUT2D eigenvalue weighted by atomic mass is 79.9. The van der Waals surface area contributed by atoms with E-state index in [-0.39, 0.29) is 0 Å². The van der Waals surface area contributed by atoms with Crippen molar-refractivity contribution in [3.05, 3.63) is 40.1 Å². The average Bonchev–Trinajstić information content (AvgIpc) is 2.72. The molecule has 0 amide bonds. The molecule has 2 aromatic rings. The van der Waals surface area contributed by atoms with Gasteiger partial charge in [0.05, 0.1) is 11.4 Å². The maximum absolute atomic E-state index is 11.0. The van der Waals surface area contributed by atoms with Crippen molar-refractivity contribution in [2.75, 3.05) is 0 Å². The molecule has 2 rings (SSSR count). The van der Waals surface area contributed by atoms with Crippen LogP contribution in [-0.2, 0) is 6.42 Å². The lowest BCUT2D eigenvalue weighted by Crippen LogP contribution is -2.07. The van der Waals surface area contributed by atoms with Crippen molar-refractivity contribution in [2.24, 2.45) is 5.92 Å². The minimum Gasteiger partial charge on any atom is -0.296 e. The molecule has 0 bridgehead atoms. The van der Waals surface area contributed by atoms with Gasteiger partial charge in [-0.25, -0.2) is 4.68 Å². The lowest BCUT2D eigenvalue weighted by atomic mass is 10.1. The lowest BCUT2D eigenvalue weighted by molar-refractivity contribution is 0.111. The Morgan fingerprint density at radius 2 is 2.00 bits per heavy atom. The predicted octanol–water partition coefficient (Wildman–Crippen LogP) is 3.04. The molecule has 0 fully saturated rings. The van der Waals surface area contributed by atoms with E-state index in [1.807, 2.05) is 24.3 Å². The molecule has 0 spiro atoms. The van der Waals surface area contributed by atoms with Crippen LogP contribution < -0.4 is 0 Å². The Hall–Kier alpha value is -1.49. The molecular formula is C13H14BrN3O. The molecule has 0 N–H and O–H groups in total. The van der Waals surface area contributed by atoms with Crippen LogP contribution in [0.2, 0.25) is 0 Å². The van der Waals surface area contributed by atoms with Gasteiger partial charge in [-0.3, -0.25) is 4.79 Å². The Labute approximate surface area is 114 Å². The van der Waals surface area contributed by atoms with Crippen molar-refractivity contribution in [1.82, 2.24) is 15.0 Å². The maximum atomic E-state index is 11.0. The van der Waals surface area contributed by atoms with Gasteiger partial charge < -0.3 is 0 Å². The summed E-state index contributed by atoms with van der Waals surface area (Å²) < 4.78 is 2.74. The molecule has 0 atom stereocenters. The fourth-order valence-electron chi connectivity index (χ4n) is 1.77. The number of rotatable bonds is 4. The molecule has 0 aliphatic rings. The molecule has 0 aliphatic carbocycles. The smallest absolute Gasteiger partial charge is 0.172 e. The third-order valence-corrected chi connectivity index (χ3v) is 3.11. The highest BCUT2D eigenvalue weighted by molar-refractivity contribution is 9.10. The Kier molecular flexibility index (Phi) is 3.91. The quantitative estimate of drug-likeness (QED) is 0.816. The molecule has 1 aromatic heterocycles. The second-order valence-electron chi connectivity index (χ2n) is 4.53. The SMILES string of the molecule is CC(C)Cc1c(C=O)nnn1-c1ccc(Br)cc1. The summed E-state index contributed by atoms with van der Waals surface area (Å²) in [7, 11) is 0. The minimum atomic E-state index is 0.423. The van der Waals surface area contributed by atoms with Crippen molar-refractivity contribution < 1.29 is 4.79 Å². The van der Waals surface area contributed by atoms with Crippen LogP contribution in [0.15, 0.2) is 28.7 Å². The van der Waals surface area contributed by atoms with Crippen LogP contribution in [0.4, 0.5) is 0 Å². The fourth-order valence-corrected chi connectivity index (χ4v) is 2.04. The minimum absolute atomic E-state index is 0.423. The van der Waals surface area contributed by atoms with Crippen molar-refractivity contribution in [3.63, 3.8) is 0 Å². The summed E-state index contributed by atoms with van der Waals surface area (Å²) in [5, 5.41) is 7.98. The van der Waals surface area contributed by atoms with Gasteiger partial charge in [-0.05, 0) is 36.6 Å². The summed E-state index contributed by atoms with van der Waals surface area (Å²) in [5.74, 6) is 0.441. The summed E-state index contributed by atoms with van der Waals surface area (Å²) in [6.45, 7) is 4.21. The highest BCUT2D eigenvalue weighted by Crippen LogP contribution is 2.18. The Morgan fingerprint density at radius 3 is 2.56 bits per heavy atom. The Balaban J connectivity index is 2.46. The van der Waals surface area contributed by atoms with Gasteiger partial charge in [0.2, 0.25) is 0 Å². The summed E-state index contributed by atoms with van der Waals surface area (Å²) in [6, 6.07) is 7.77. The number of aldehydes is 1. The van der Waals surface area contributed by atoms with Crippen LogP contribution in [0.25, 0.3) is 5.69 Å². The van der Waals surface area contributed by atoms with E-state index in [4.69, 9.17) is 0 Å². The monoisotopic (exact) mass is 307 g/mol. The van der Waals surface area contributed by atoms with Crippen LogP contribution in [0.1, 0.15) is 30.0 Å². The molecular weight excluding hydrogens is 294 g/mol. The molecule has 94 valence electrons. The topological polar surface area (TPSA) is 47.8 Å². The molecule has 1 aromatic carbocycles. The highest BCUT2D eigenvalue weighted by Gasteiger charge is 2.14. The number of hydrogen-bond acceptors (Lipinski definition) is 3. The number of aromatic nitrogens is 3. The van der Waals surface area contributed by atoms with E-state index in [2.05, 4.69) is 40.1 Å². The molecule has 0 unspecified atom stereocenters. The molecule has 0 radical (unpaired) electrons. The van der Waals surface area contributed by atoms with Crippen LogP contribution in [0.3, 0.4) is 0 Å². The molecule has 1 heterocycles. The normalized spacial score (nSPS) is 10.9. The van der Waals surface area contributed by atoms with Gasteiger partial charge in [-0.1, -0.05) is 35.0 Å². The van der Waals surface area contributed by atoms with E-state index in [0.29, 0.717) is 11.6 Å². The average molecular weight is 308 g/mol. The van der Waals surface area contributed by atoms with Gasteiger partial charge in [0.15, 0.2) is 6.29 Å². The van der Waals surface area contributed by atoms with Gasteiger partial charge in [0.25, 0.3) is 0 Å². The van der Waals surface area contributed by atoms with Crippen molar-refractivity contribution in [3.8, 4) is 5.69 Å². The standard InChI is InChI=1S/C13H14BrN3O/c1-9(2)7-13-12(8-18)15-16-17(13)11-5-3-10(14)4-6-11/h3-6,8-9H,7H2,1-2H3. The molecule has 18 heavy (non-hydrogen) atoms. The largest absolute Gasteiger partial charge is 0.296 e. The van der Waals surface area contributed by atoms with Gasteiger partial charge >= 0.3 is 0 Å². The van der Waals surface area contributed by atoms with E-state index in [0.717, 1.165) is 28.6 Å². The first kappa shape index (κ1) is 13.0. The molecule has 0 saturated carbocycles. The zero-order valence-electron chi connectivity index (χ0n) is 10.3. The maximum Gasteiger partial charge on any atom is 0.172 e. The third-order valence-electron chi connectivity index (χ3n) is 2.58. The molecule has 4 nitrogen and oxygen atoms in total. The van der Waals surface area contributed by atoms with Crippen molar-refractivity contribution in [2.45, 2.75) is 20.3 Å². The number of halogens is 1. The van der Waals surface area contributed by atoms with Crippen LogP contribution >= 0.6 is 15.9 Å². The second kappa shape index (κ2) is 5.44. The zero-order valence-corrected chi connectivity index (χ0v) is 11.9. The number of benzene rings is 1. The predicted molar refractivity (Wildman–Crippen MR) is 73.0 cm³/mol. The van der Waals surface area contributed by atoms with E-state index in [9.17, 15) is 4.79 Å². The summed E-state index contributed by atoms with van der Waals surface area (Å²) in [6.07, 6.45) is 1.54. The van der Waals surface area contributed by atoms with Gasteiger partial charge in [0.1, 0.15) is 5.69 Å². The van der Waals surface area contributed by atoms with Crippen LogP contribution in [0, 0.1) is 5.92 Å². The number of nitrogens with zero attached hydrogens (tertiary/aromatic N) is 3. The number of carbonyl (C=O) groups is 1. The van der Waals surface area contributed by atoms with Gasteiger partial charge in [-0.2, -0.15) is 0 Å². The van der Waals surface area contributed by atoms with E-state index in [1.165, 1.54) is 0 Å². The first-order chi connectivity index (χ1) is 8.61. The second-order valence-corrected chi connectivity index (χ2v) is 5.44. The molecule has 0 aliphatic heterocycles. The van der Waals surface area contributed by atoms with E-state index >= 15 is 0 Å². The van der Waals surface area contributed by atoms with Crippen LogP contribution in [0.5, 0.6) is 0 Å². The van der Waals surface area contributed by atoms with E-state index < -0.39 is 0 Å². The first-order valence-electron chi connectivity index (χ1n) is 5.77. The van der Waals surface area contributed by atoms with E-state index in [1.54, 1.807) is 4.68 Å². The van der Waals surface area contributed by atoms with Crippen molar-refractivity contribution >= 4 is 22.2 Å². The first-order valence-corrected chi connectivity index (χ1v) is 6.57. The van der Waals surface area contributed by atoms with Gasteiger partial charge in [-0.15, -0.1) is 5.10 Å². The Bertz CT molecular complexity index is 546. The number of carbonyl (C=O) groups excluding carboxylic acids is 1. The Morgan fingerprint density at radius 1 is 1.33 bits per heavy atom. The molecule has 5 heteroatoms. The van der Waals surface area contributed by atoms with Crippen molar-refractivity contribution in [1.29, 1.82) is 0 Å². The summed E-state index contributed by atoms with van der Waals surface area (Å²) in [5.41, 5.74) is 2.20. The third kappa shape index (κ3) is 2.67. The molecule has 0 saturated heterocycles. The van der Waals surface area contributed by atoms with Gasteiger partial charge in [0, 0.05) is 4.47 Å². The lowest BCUT2D eigenvalue weighted by Gasteiger charge is -2.08. The fraction of sp³-hybridized carbons (Fsp3) is 0.308.